The van der Waals surface area contributed by atoms with E-state index in [9.17, 15) is 14.4 Å². The third-order valence-electron chi connectivity index (χ3n) is 7.96. The molecule has 9 heteroatoms. The van der Waals surface area contributed by atoms with E-state index in [1.54, 1.807) is 0 Å². The number of aliphatic hydroxyl groups excluding tert-OH is 1. The standard InChI is InChI=1S/C38H46N2O7/c41-21-23-45-22-20-39-36(42)26-32-14-8-3-9-15-33(24-29-10-4-1-5-11-29)38(44)47-28-34(40-37(32)43)25-30-16-18-35(19-17-30)46-27-31-12-6-2-7-13-31/h1-8,10-13,16-19,32-34,41H,9,14-15,20-28H2,(H,39,42)(H,40,43). The number of ether oxygens (including phenoxy) is 3. The molecule has 0 aromatic heterocycles. The van der Waals surface area contributed by atoms with Crippen molar-refractivity contribution < 1.29 is 33.7 Å². The van der Waals surface area contributed by atoms with Crippen LogP contribution < -0.4 is 15.4 Å². The highest BCUT2D eigenvalue weighted by Crippen LogP contribution is 2.20. The topological polar surface area (TPSA) is 123 Å². The second kappa shape index (κ2) is 19.9. The van der Waals surface area contributed by atoms with Crippen LogP contribution in [0.15, 0.2) is 97.1 Å². The van der Waals surface area contributed by atoms with Gasteiger partial charge >= 0.3 is 5.97 Å². The Morgan fingerprint density at radius 2 is 1.55 bits per heavy atom. The first-order chi connectivity index (χ1) is 23.0. The zero-order valence-corrected chi connectivity index (χ0v) is 26.9. The second-order valence-corrected chi connectivity index (χ2v) is 11.7. The Balaban J connectivity index is 1.44. The summed E-state index contributed by atoms with van der Waals surface area (Å²) in [6.07, 6.45) is 6.55. The number of hydrogen-bond donors (Lipinski definition) is 3. The maximum Gasteiger partial charge on any atom is 0.309 e. The van der Waals surface area contributed by atoms with Gasteiger partial charge in [-0.25, -0.2) is 0 Å². The molecule has 0 bridgehead atoms. The molecule has 1 aliphatic heterocycles. The summed E-state index contributed by atoms with van der Waals surface area (Å²) in [5.74, 6) is -1.01. The minimum atomic E-state index is -0.600. The first kappa shape index (κ1) is 35.4. The van der Waals surface area contributed by atoms with Crippen molar-refractivity contribution >= 4 is 17.8 Å². The van der Waals surface area contributed by atoms with Gasteiger partial charge in [-0.05, 0) is 60.9 Å². The summed E-state index contributed by atoms with van der Waals surface area (Å²) in [5, 5.41) is 14.7. The Labute approximate surface area is 277 Å². The average Bonchev–Trinajstić information content (AvgIpc) is 3.10. The summed E-state index contributed by atoms with van der Waals surface area (Å²) in [4.78, 5) is 39.7. The number of hydrogen-bond acceptors (Lipinski definition) is 7. The van der Waals surface area contributed by atoms with E-state index in [1.807, 2.05) is 97.1 Å². The summed E-state index contributed by atoms with van der Waals surface area (Å²) >= 11 is 0. The van der Waals surface area contributed by atoms with Crippen LogP contribution in [0.1, 0.15) is 42.4 Å². The van der Waals surface area contributed by atoms with Gasteiger partial charge < -0.3 is 30.0 Å². The largest absolute Gasteiger partial charge is 0.489 e. The quantitative estimate of drug-likeness (QED) is 0.134. The van der Waals surface area contributed by atoms with Gasteiger partial charge in [-0.1, -0.05) is 84.9 Å². The molecule has 4 rings (SSSR count). The van der Waals surface area contributed by atoms with Crippen LogP contribution in [0.4, 0.5) is 0 Å². The lowest BCUT2D eigenvalue weighted by Gasteiger charge is -2.23. The number of rotatable bonds is 14. The van der Waals surface area contributed by atoms with Crippen molar-refractivity contribution in [3.8, 4) is 5.75 Å². The molecule has 250 valence electrons. The molecule has 0 aliphatic carbocycles. The van der Waals surface area contributed by atoms with Crippen molar-refractivity contribution in [2.24, 2.45) is 11.8 Å². The molecule has 2 amide bonds. The van der Waals surface area contributed by atoms with E-state index in [0.29, 0.717) is 38.7 Å². The van der Waals surface area contributed by atoms with Crippen LogP contribution in [0.3, 0.4) is 0 Å². The van der Waals surface area contributed by atoms with E-state index in [2.05, 4.69) is 10.6 Å². The van der Waals surface area contributed by atoms with Crippen molar-refractivity contribution in [1.82, 2.24) is 10.6 Å². The van der Waals surface area contributed by atoms with Crippen LogP contribution in [0, 0.1) is 11.8 Å². The minimum absolute atomic E-state index is 0.00671. The number of cyclic esters (lactones) is 1. The van der Waals surface area contributed by atoms with Crippen molar-refractivity contribution in [2.45, 2.75) is 51.2 Å². The van der Waals surface area contributed by atoms with Crippen molar-refractivity contribution in [3.05, 3.63) is 114 Å². The molecule has 1 heterocycles. The van der Waals surface area contributed by atoms with E-state index >= 15 is 0 Å². The minimum Gasteiger partial charge on any atom is -0.489 e. The van der Waals surface area contributed by atoms with Crippen molar-refractivity contribution in [2.75, 3.05) is 33.0 Å². The maximum atomic E-state index is 13.6. The molecule has 0 saturated heterocycles. The molecule has 0 saturated carbocycles. The SMILES string of the molecule is O=C(CC1CC=CCCC(Cc2ccccc2)C(=O)OCC(Cc2ccc(OCc3ccccc3)cc2)NC1=O)NCCOCCO. The molecule has 3 unspecified atom stereocenters. The van der Waals surface area contributed by atoms with Gasteiger partial charge in [0.05, 0.1) is 37.7 Å². The fraction of sp³-hybridized carbons (Fsp3) is 0.395. The molecule has 3 aromatic rings. The Morgan fingerprint density at radius 1 is 0.851 bits per heavy atom. The maximum absolute atomic E-state index is 13.6. The summed E-state index contributed by atoms with van der Waals surface area (Å²) in [6.45, 7) is 1.15. The summed E-state index contributed by atoms with van der Waals surface area (Å²) in [5.41, 5.74) is 3.08. The number of nitrogens with one attached hydrogen (secondary N) is 2. The molecular formula is C38H46N2O7. The molecular weight excluding hydrogens is 596 g/mol. The van der Waals surface area contributed by atoms with Gasteiger partial charge in [0.2, 0.25) is 11.8 Å². The predicted octanol–water partition coefficient (Wildman–Crippen LogP) is 4.57. The van der Waals surface area contributed by atoms with Crippen LogP contribution in [0.5, 0.6) is 5.75 Å². The first-order valence-electron chi connectivity index (χ1n) is 16.4. The zero-order valence-electron chi connectivity index (χ0n) is 26.9. The first-order valence-corrected chi connectivity index (χ1v) is 16.4. The highest BCUT2D eigenvalue weighted by molar-refractivity contribution is 5.86. The van der Waals surface area contributed by atoms with Gasteiger partial charge in [0.25, 0.3) is 0 Å². The number of allylic oxidation sites excluding steroid dienone is 2. The van der Waals surface area contributed by atoms with Gasteiger partial charge in [0, 0.05) is 13.0 Å². The smallest absolute Gasteiger partial charge is 0.309 e. The fourth-order valence-electron chi connectivity index (χ4n) is 5.40. The van der Waals surface area contributed by atoms with E-state index < -0.39 is 12.0 Å². The number of benzene rings is 3. The van der Waals surface area contributed by atoms with Crippen LogP contribution >= 0.6 is 0 Å². The van der Waals surface area contributed by atoms with Crippen LogP contribution in [0.25, 0.3) is 0 Å². The molecule has 3 N–H and O–H groups in total. The van der Waals surface area contributed by atoms with Gasteiger partial charge in [0.15, 0.2) is 0 Å². The molecule has 3 atom stereocenters. The Bertz CT molecular complexity index is 1400. The Hall–Kier alpha value is -4.47. The number of carbonyl (C=O) groups excluding carboxylic acids is 3. The Kier molecular flexibility index (Phi) is 15.0. The monoisotopic (exact) mass is 642 g/mol. The molecule has 0 radical (unpaired) electrons. The summed E-state index contributed by atoms with van der Waals surface area (Å²) in [6, 6.07) is 27.0. The van der Waals surface area contributed by atoms with E-state index in [1.165, 1.54) is 0 Å². The molecule has 3 aromatic carbocycles. The van der Waals surface area contributed by atoms with Gasteiger partial charge in [-0.3, -0.25) is 14.4 Å². The van der Waals surface area contributed by atoms with Crippen molar-refractivity contribution in [3.63, 3.8) is 0 Å². The normalized spacial score (nSPS) is 19.0. The average molecular weight is 643 g/mol. The molecule has 0 spiro atoms. The second-order valence-electron chi connectivity index (χ2n) is 11.7. The number of esters is 1. The van der Waals surface area contributed by atoms with Crippen molar-refractivity contribution in [1.29, 1.82) is 0 Å². The lowest BCUT2D eigenvalue weighted by Crippen LogP contribution is -2.44. The predicted molar refractivity (Wildman–Crippen MR) is 179 cm³/mol. The fourth-order valence-corrected chi connectivity index (χ4v) is 5.40. The Morgan fingerprint density at radius 3 is 2.28 bits per heavy atom. The van der Waals surface area contributed by atoms with Gasteiger partial charge in [-0.2, -0.15) is 0 Å². The molecule has 47 heavy (non-hydrogen) atoms. The molecule has 9 nitrogen and oxygen atoms in total. The number of carbonyl (C=O) groups is 3. The van der Waals surface area contributed by atoms with E-state index in [-0.39, 0.29) is 63.1 Å². The highest BCUT2D eigenvalue weighted by Gasteiger charge is 2.27. The summed E-state index contributed by atoms with van der Waals surface area (Å²) < 4.78 is 17.0. The van der Waals surface area contributed by atoms with Crippen LogP contribution in [0.2, 0.25) is 0 Å². The summed E-state index contributed by atoms with van der Waals surface area (Å²) in [7, 11) is 0. The molecule has 0 fully saturated rings. The van der Waals surface area contributed by atoms with E-state index in [4.69, 9.17) is 19.3 Å². The zero-order chi connectivity index (χ0) is 33.1. The lowest BCUT2D eigenvalue weighted by atomic mass is 9.94. The third kappa shape index (κ3) is 13.0. The third-order valence-corrected chi connectivity index (χ3v) is 7.96. The van der Waals surface area contributed by atoms with Crippen LogP contribution in [-0.4, -0.2) is 61.9 Å². The number of amides is 2. The highest BCUT2D eigenvalue weighted by atomic mass is 16.5. The lowest BCUT2D eigenvalue weighted by molar-refractivity contribution is -0.150. The van der Waals surface area contributed by atoms with Crippen LogP contribution in [-0.2, 0) is 43.3 Å². The van der Waals surface area contributed by atoms with Gasteiger partial charge in [-0.15, -0.1) is 0 Å². The van der Waals surface area contributed by atoms with Gasteiger partial charge in [0.1, 0.15) is 19.0 Å². The van der Waals surface area contributed by atoms with E-state index in [0.717, 1.165) is 22.4 Å². The molecule has 1 aliphatic rings. The number of aliphatic hydroxyl groups is 1.